The maximum atomic E-state index is 10.8. The van der Waals surface area contributed by atoms with E-state index in [4.69, 9.17) is 31.2 Å². The van der Waals surface area contributed by atoms with Crippen LogP contribution in [0.15, 0.2) is 9.98 Å². The molecule has 0 atom stereocenters. The summed E-state index contributed by atoms with van der Waals surface area (Å²) in [7, 11) is 0. The monoisotopic (exact) mass is 272 g/mol. The van der Waals surface area contributed by atoms with Crippen LogP contribution in [-0.2, 0) is 0 Å². The number of hydroxylamine groups is 6. The molecule has 0 amide bonds. The van der Waals surface area contributed by atoms with Gasteiger partial charge in [-0.25, -0.2) is 0 Å². The lowest BCUT2D eigenvalue weighted by atomic mass is 10.7. The summed E-state index contributed by atoms with van der Waals surface area (Å²) >= 11 is 0. The van der Waals surface area contributed by atoms with Crippen molar-refractivity contribution in [1.29, 1.82) is 0 Å². The van der Waals surface area contributed by atoms with E-state index in [2.05, 4.69) is 9.98 Å². The molecule has 0 aromatic carbocycles. The van der Waals surface area contributed by atoms with Crippen molar-refractivity contribution < 1.29 is 46.3 Å². The van der Waals surface area contributed by atoms with Gasteiger partial charge in [-0.15, -0.1) is 0 Å². The van der Waals surface area contributed by atoms with Gasteiger partial charge in [0.1, 0.15) is 0 Å². The highest BCUT2D eigenvalue weighted by Gasteiger charge is 2.45. The van der Waals surface area contributed by atoms with Crippen molar-refractivity contribution in [3.63, 3.8) is 0 Å². The number of aliphatic imine (C=N–C) groups is 2. The van der Waals surface area contributed by atoms with Crippen LogP contribution in [-0.4, -0.2) is 69.9 Å². The van der Waals surface area contributed by atoms with Crippen molar-refractivity contribution in [2.75, 3.05) is 6.67 Å². The molecule has 1 heterocycles. The van der Waals surface area contributed by atoms with Crippen LogP contribution in [0.5, 0.6) is 0 Å². The summed E-state index contributed by atoms with van der Waals surface area (Å²) in [6.07, 6.45) is 0. The van der Waals surface area contributed by atoms with Gasteiger partial charge in [0.05, 0.1) is 0 Å². The third kappa shape index (κ3) is 3.11. The topological polar surface area (TPSA) is 219 Å². The normalized spacial score (nSPS) is 18.6. The SMILES string of the molecule is [O-][N+](O)(O)C1=NCN([N+]([O-])(O)O)C([N+]([O-])(O)O)=N1. The second-order valence-electron chi connectivity index (χ2n) is 3.01. The maximum Gasteiger partial charge on any atom is 0.433 e. The van der Waals surface area contributed by atoms with Gasteiger partial charge in [-0.2, -0.15) is 36.2 Å². The van der Waals surface area contributed by atoms with Gasteiger partial charge in [0.25, 0.3) is 0 Å². The van der Waals surface area contributed by atoms with E-state index in [1.807, 2.05) is 0 Å². The van der Waals surface area contributed by atoms with Gasteiger partial charge < -0.3 is 15.6 Å². The second-order valence-corrected chi connectivity index (χ2v) is 3.01. The van der Waals surface area contributed by atoms with E-state index >= 15 is 0 Å². The minimum Gasteiger partial charge on any atom is -0.556 e. The Labute approximate surface area is 96.6 Å². The predicted octanol–water partition coefficient (Wildman–Crippen LogP) is -1.83. The quantitative estimate of drug-likeness (QED) is 0.231. The first-order chi connectivity index (χ1) is 7.83. The number of guanidine groups is 2. The van der Waals surface area contributed by atoms with Crippen LogP contribution >= 0.6 is 0 Å². The minimum absolute atomic E-state index is 0.411. The van der Waals surface area contributed by atoms with Crippen LogP contribution in [0.2, 0.25) is 0 Å². The molecule has 0 aromatic rings. The van der Waals surface area contributed by atoms with E-state index in [1.54, 1.807) is 0 Å². The Morgan fingerprint density at radius 2 is 1.44 bits per heavy atom. The van der Waals surface area contributed by atoms with Crippen molar-refractivity contribution in [3.05, 3.63) is 15.6 Å². The zero-order valence-electron chi connectivity index (χ0n) is 8.30. The van der Waals surface area contributed by atoms with E-state index in [0.29, 0.717) is 0 Å². The number of rotatable bonds is 1. The van der Waals surface area contributed by atoms with Crippen LogP contribution in [0.3, 0.4) is 0 Å². The fourth-order valence-electron chi connectivity index (χ4n) is 0.948. The van der Waals surface area contributed by atoms with Gasteiger partial charge in [0.2, 0.25) is 0 Å². The molecule has 6 N–H and O–H groups in total. The molecule has 15 heteroatoms. The molecule has 0 unspecified atom stereocenters. The van der Waals surface area contributed by atoms with Crippen molar-refractivity contribution >= 4 is 11.9 Å². The first kappa shape index (κ1) is 14.7. The van der Waals surface area contributed by atoms with Gasteiger partial charge in [-0.1, -0.05) is 10.0 Å². The number of nitrogens with zero attached hydrogens (tertiary/aromatic N) is 6. The molecule has 1 aliphatic heterocycles. The second kappa shape index (κ2) is 4.10. The summed E-state index contributed by atoms with van der Waals surface area (Å²) in [5, 5.41) is 79.8. The summed E-state index contributed by atoms with van der Waals surface area (Å²) < 4.78 is 0. The zero-order valence-corrected chi connectivity index (χ0v) is 8.30. The molecule has 0 aliphatic carbocycles. The van der Waals surface area contributed by atoms with Crippen molar-refractivity contribution in [2.45, 2.75) is 0 Å². The molecular weight excluding hydrogens is 264 g/mol. The number of quaternary nitrogens is 3. The zero-order chi connectivity index (χ0) is 14.4. The Morgan fingerprint density at radius 1 is 0.944 bits per heavy atom. The van der Waals surface area contributed by atoms with Crippen molar-refractivity contribution in [3.8, 4) is 0 Å². The fourth-order valence-corrected chi connectivity index (χ4v) is 0.948. The first-order valence-electron chi connectivity index (χ1n) is 3.92. The summed E-state index contributed by atoms with van der Waals surface area (Å²) in [4.78, 5) is -1.10. The molecule has 1 rings (SSSR count). The summed E-state index contributed by atoms with van der Waals surface area (Å²) in [5.74, 6) is -3.18. The molecule has 0 spiro atoms. The highest BCUT2D eigenvalue weighted by Crippen LogP contribution is 2.16. The van der Waals surface area contributed by atoms with Crippen LogP contribution in [0.25, 0.3) is 0 Å². The van der Waals surface area contributed by atoms with Crippen LogP contribution in [0.1, 0.15) is 0 Å². The number of hydrogen-bond acceptors (Lipinski definition) is 12. The van der Waals surface area contributed by atoms with Crippen LogP contribution in [0, 0.1) is 15.6 Å². The third-order valence-electron chi connectivity index (χ3n) is 1.61. The Kier molecular flexibility index (Phi) is 3.35. The van der Waals surface area contributed by atoms with E-state index in [1.165, 1.54) is 0 Å². The Balaban J connectivity index is 3.22. The molecule has 1 aliphatic rings. The van der Waals surface area contributed by atoms with Gasteiger partial charge >= 0.3 is 11.9 Å². The van der Waals surface area contributed by atoms with E-state index in [-0.39, 0.29) is 0 Å². The average molecular weight is 272 g/mol. The summed E-state index contributed by atoms with van der Waals surface area (Å²) in [6, 6.07) is 0. The molecule has 0 saturated heterocycles. The van der Waals surface area contributed by atoms with Gasteiger partial charge in [0.15, 0.2) is 6.67 Å². The standard InChI is InChI=1S/C3H8N6O9/c10-7(11,12)2-4-1-6(9(16,17)18)3(5-2)8(13,14)15/h10-11,13-14,16-17H,1H2. The van der Waals surface area contributed by atoms with Crippen LogP contribution < -0.4 is 0 Å². The minimum atomic E-state index is -3.44. The van der Waals surface area contributed by atoms with Gasteiger partial charge in [-0.3, -0.25) is 0 Å². The molecule has 15 nitrogen and oxygen atoms in total. The van der Waals surface area contributed by atoms with E-state index < -0.39 is 38.6 Å². The Morgan fingerprint density at radius 3 is 1.78 bits per heavy atom. The van der Waals surface area contributed by atoms with E-state index in [9.17, 15) is 15.6 Å². The summed E-state index contributed by atoms with van der Waals surface area (Å²) in [6.45, 7) is -1.20. The van der Waals surface area contributed by atoms with Crippen LogP contribution in [0.4, 0.5) is 0 Å². The first-order valence-corrected chi connectivity index (χ1v) is 3.92. The number of hydrogen-bond donors (Lipinski definition) is 6. The highest BCUT2D eigenvalue weighted by atomic mass is 17.1. The molecule has 0 fully saturated rings. The lowest BCUT2D eigenvalue weighted by Gasteiger charge is -2.37. The van der Waals surface area contributed by atoms with Gasteiger partial charge in [0, 0.05) is 5.08 Å². The Hall–Kier alpha value is -1.34. The molecule has 18 heavy (non-hydrogen) atoms. The fraction of sp³-hybridized carbons (Fsp3) is 0.333. The summed E-state index contributed by atoms with van der Waals surface area (Å²) in [5.41, 5.74) is 0. The molecule has 0 saturated carbocycles. The van der Waals surface area contributed by atoms with Crippen molar-refractivity contribution in [1.82, 2.24) is 5.01 Å². The largest absolute Gasteiger partial charge is 0.556 e. The molecule has 0 radical (unpaired) electrons. The highest BCUT2D eigenvalue weighted by molar-refractivity contribution is 5.89. The predicted molar refractivity (Wildman–Crippen MR) is 43.2 cm³/mol. The smallest absolute Gasteiger partial charge is 0.433 e. The third-order valence-corrected chi connectivity index (χ3v) is 1.61. The van der Waals surface area contributed by atoms with E-state index in [0.717, 1.165) is 0 Å². The molecule has 0 aromatic heterocycles. The lowest BCUT2D eigenvalue weighted by Crippen LogP contribution is -2.64. The molecule has 0 bridgehead atoms. The molecule has 104 valence electrons. The maximum absolute atomic E-state index is 10.8. The van der Waals surface area contributed by atoms with Gasteiger partial charge in [-0.05, 0) is 9.95 Å². The lowest BCUT2D eigenvalue weighted by molar-refractivity contribution is -1.29. The Bertz CT molecular complexity index is 385. The van der Waals surface area contributed by atoms with Crippen molar-refractivity contribution in [2.24, 2.45) is 9.98 Å². The molecular formula is C3H8N6O9. The average Bonchev–Trinajstić information content (AvgIpc) is 2.12.